The summed E-state index contributed by atoms with van der Waals surface area (Å²) in [6, 6.07) is 11.0. The molecule has 1 saturated heterocycles. The van der Waals surface area contributed by atoms with Gasteiger partial charge >= 0.3 is 0 Å². The van der Waals surface area contributed by atoms with E-state index in [1.54, 1.807) is 28.1 Å². The number of benzene rings is 1. The Balaban J connectivity index is 1.61. The van der Waals surface area contributed by atoms with Crippen LogP contribution in [0, 0.1) is 0 Å². The molecule has 2 amide bonds. The number of nitrogens with zero attached hydrogens (tertiary/aromatic N) is 3. The third-order valence-electron chi connectivity index (χ3n) is 4.14. The van der Waals surface area contributed by atoms with Gasteiger partial charge in [0.2, 0.25) is 6.41 Å². The van der Waals surface area contributed by atoms with Gasteiger partial charge in [-0.2, -0.15) is 0 Å². The molecule has 2 aromatic rings. The molecule has 0 bridgehead atoms. The lowest BCUT2D eigenvalue weighted by Crippen LogP contribution is -2.48. The van der Waals surface area contributed by atoms with Crippen molar-refractivity contribution in [1.29, 1.82) is 0 Å². The van der Waals surface area contributed by atoms with E-state index in [1.165, 1.54) is 0 Å². The molecular formula is C18H19ClN4O2. The highest BCUT2D eigenvalue weighted by Crippen LogP contribution is 2.14. The highest BCUT2D eigenvalue weighted by Gasteiger charge is 2.21. The van der Waals surface area contributed by atoms with Crippen molar-refractivity contribution >= 4 is 29.7 Å². The van der Waals surface area contributed by atoms with Crippen molar-refractivity contribution < 1.29 is 9.59 Å². The number of anilines is 1. The average molecular weight is 359 g/mol. The summed E-state index contributed by atoms with van der Waals surface area (Å²) in [4.78, 5) is 31.1. The molecule has 1 aromatic heterocycles. The number of piperazine rings is 1. The van der Waals surface area contributed by atoms with E-state index in [2.05, 4.69) is 10.3 Å². The summed E-state index contributed by atoms with van der Waals surface area (Å²) in [5.41, 5.74) is 1.67. The molecule has 0 unspecified atom stereocenters. The molecule has 25 heavy (non-hydrogen) atoms. The molecule has 1 N–H and O–H groups in total. The third kappa shape index (κ3) is 4.48. The van der Waals surface area contributed by atoms with Gasteiger partial charge in [0.1, 0.15) is 5.82 Å². The van der Waals surface area contributed by atoms with E-state index in [0.717, 1.165) is 12.0 Å². The van der Waals surface area contributed by atoms with Gasteiger partial charge in [-0.25, -0.2) is 4.98 Å². The van der Waals surface area contributed by atoms with E-state index >= 15 is 0 Å². The number of nitrogens with one attached hydrogen (secondary N) is 1. The first-order valence-corrected chi connectivity index (χ1v) is 8.46. The summed E-state index contributed by atoms with van der Waals surface area (Å²) in [5.74, 6) is 0.606. The Bertz CT molecular complexity index is 743. The molecule has 1 aromatic carbocycles. The van der Waals surface area contributed by atoms with Crippen molar-refractivity contribution in [2.75, 3.05) is 31.5 Å². The van der Waals surface area contributed by atoms with Gasteiger partial charge in [-0.05, 0) is 29.8 Å². The van der Waals surface area contributed by atoms with Crippen molar-refractivity contribution in [3.05, 3.63) is 58.7 Å². The Kier molecular flexibility index (Phi) is 5.50. The summed E-state index contributed by atoms with van der Waals surface area (Å²) >= 11 is 5.88. The quantitative estimate of drug-likeness (QED) is 0.833. The molecule has 0 aliphatic carbocycles. The van der Waals surface area contributed by atoms with Gasteiger partial charge in [0, 0.05) is 49.5 Å². The number of aromatic nitrogens is 1. The van der Waals surface area contributed by atoms with Crippen LogP contribution in [-0.4, -0.2) is 53.3 Å². The fourth-order valence-corrected chi connectivity index (χ4v) is 2.79. The van der Waals surface area contributed by atoms with Crippen LogP contribution in [0.15, 0.2) is 42.6 Å². The lowest BCUT2D eigenvalue weighted by molar-refractivity contribution is -0.119. The van der Waals surface area contributed by atoms with Crippen LogP contribution in [0.3, 0.4) is 0 Å². The molecule has 7 heteroatoms. The number of hydrogen-bond donors (Lipinski definition) is 1. The van der Waals surface area contributed by atoms with Crippen LogP contribution in [0.1, 0.15) is 15.9 Å². The zero-order valence-electron chi connectivity index (χ0n) is 13.7. The molecular weight excluding hydrogens is 340 g/mol. The number of pyridine rings is 1. The monoisotopic (exact) mass is 358 g/mol. The van der Waals surface area contributed by atoms with Gasteiger partial charge in [0.25, 0.3) is 5.91 Å². The fraction of sp³-hybridized carbons (Fsp3) is 0.278. The maximum atomic E-state index is 12.6. The second-order valence-electron chi connectivity index (χ2n) is 5.84. The summed E-state index contributed by atoms with van der Waals surface area (Å²) in [6.07, 6.45) is 2.45. The van der Waals surface area contributed by atoms with E-state index in [-0.39, 0.29) is 5.91 Å². The van der Waals surface area contributed by atoms with Crippen LogP contribution in [0.25, 0.3) is 0 Å². The lowest BCUT2D eigenvalue weighted by Gasteiger charge is -2.32. The van der Waals surface area contributed by atoms with E-state index in [9.17, 15) is 9.59 Å². The second-order valence-corrected chi connectivity index (χ2v) is 6.28. The predicted molar refractivity (Wildman–Crippen MR) is 96.6 cm³/mol. The maximum Gasteiger partial charge on any atom is 0.254 e. The molecule has 3 rings (SSSR count). The second kappa shape index (κ2) is 7.98. The summed E-state index contributed by atoms with van der Waals surface area (Å²) < 4.78 is 0. The van der Waals surface area contributed by atoms with Crippen LogP contribution < -0.4 is 5.32 Å². The van der Waals surface area contributed by atoms with Gasteiger partial charge in [-0.1, -0.05) is 23.7 Å². The van der Waals surface area contributed by atoms with Crippen molar-refractivity contribution in [3.63, 3.8) is 0 Å². The van der Waals surface area contributed by atoms with Gasteiger partial charge in [-0.15, -0.1) is 0 Å². The summed E-state index contributed by atoms with van der Waals surface area (Å²) in [6.45, 7) is 2.84. The first-order valence-electron chi connectivity index (χ1n) is 8.09. The number of amides is 2. The minimum Gasteiger partial charge on any atom is -0.366 e. The molecule has 6 nitrogen and oxygen atoms in total. The number of hydrogen-bond acceptors (Lipinski definition) is 4. The first kappa shape index (κ1) is 17.2. The molecule has 1 aliphatic rings. The van der Waals surface area contributed by atoms with Gasteiger partial charge in [-0.3, -0.25) is 9.59 Å². The van der Waals surface area contributed by atoms with Crippen LogP contribution in [0.4, 0.5) is 5.82 Å². The molecule has 1 fully saturated rings. The van der Waals surface area contributed by atoms with Crippen LogP contribution in [0.2, 0.25) is 5.02 Å². The molecule has 0 saturated carbocycles. The summed E-state index contributed by atoms with van der Waals surface area (Å²) in [5, 5.41) is 3.91. The number of carbonyl (C=O) groups is 2. The SMILES string of the molecule is O=CN1CCN(C(=O)c2ccnc(NCc3ccc(Cl)cc3)c2)CC1. The van der Waals surface area contributed by atoms with E-state index < -0.39 is 0 Å². The van der Waals surface area contributed by atoms with E-state index in [4.69, 9.17) is 11.6 Å². The Morgan fingerprint density at radius 2 is 1.88 bits per heavy atom. The molecule has 1 aliphatic heterocycles. The van der Waals surface area contributed by atoms with Crippen LogP contribution >= 0.6 is 11.6 Å². The summed E-state index contributed by atoms with van der Waals surface area (Å²) in [7, 11) is 0. The largest absolute Gasteiger partial charge is 0.366 e. The van der Waals surface area contributed by atoms with Crippen LogP contribution in [-0.2, 0) is 11.3 Å². The average Bonchev–Trinajstić information content (AvgIpc) is 2.67. The normalized spacial score (nSPS) is 14.3. The zero-order chi connectivity index (χ0) is 17.6. The topological polar surface area (TPSA) is 65.5 Å². The predicted octanol–water partition coefficient (Wildman–Crippen LogP) is 2.26. The fourth-order valence-electron chi connectivity index (χ4n) is 2.67. The minimum atomic E-state index is -0.0394. The maximum absolute atomic E-state index is 12.6. The number of rotatable bonds is 5. The molecule has 130 valence electrons. The van der Waals surface area contributed by atoms with Crippen molar-refractivity contribution in [2.45, 2.75) is 6.54 Å². The molecule has 0 spiro atoms. The standard InChI is InChI=1S/C18H19ClN4O2/c19-16-3-1-14(2-4-16)12-21-17-11-15(5-6-20-17)18(25)23-9-7-22(13-24)8-10-23/h1-6,11,13H,7-10,12H2,(H,20,21). The van der Waals surface area contributed by atoms with E-state index in [0.29, 0.717) is 49.1 Å². The van der Waals surface area contributed by atoms with Gasteiger partial charge < -0.3 is 15.1 Å². The minimum absolute atomic E-state index is 0.0394. The lowest BCUT2D eigenvalue weighted by atomic mass is 10.2. The first-order chi connectivity index (χ1) is 12.2. The third-order valence-corrected chi connectivity index (χ3v) is 4.40. The smallest absolute Gasteiger partial charge is 0.254 e. The van der Waals surface area contributed by atoms with Crippen molar-refractivity contribution in [1.82, 2.24) is 14.8 Å². The Morgan fingerprint density at radius 1 is 1.16 bits per heavy atom. The zero-order valence-corrected chi connectivity index (χ0v) is 14.4. The molecule has 2 heterocycles. The van der Waals surface area contributed by atoms with E-state index in [1.807, 2.05) is 24.3 Å². The van der Waals surface area contributed by atoms with Crippen molar-refractivity contribution in [2.24, 2.45) is 0 Å². The van der Waals surface area contributed by atoms with Gasteiger partial charge in [0.15, 0.2) is 0 Å². The number of halogens is 1. The molecule has 0 atom stereocenters. The van der Waals surface area contributed by atoms with Crippen LogP contribution in [0.5, 0.6) is 0 Å². The molecule has 0 radical (unpaired) electrons. The Morgan fingerprint density at radius 3 is 2.56 bits per heavy atom. The number of carbonyl (C=O) groups excluding carboxylic acids is 2. The highest BCUT2D eigenvalue weighted by molar-refractivity contribution is 6.30. The van der Waals surface area contributed by atoms with Gasteiger partial charge in [0.05, 0.1) is 0 Å². The highest BCUT2D eigenvalue weighted by atomic mass is 35.5. The Hall–Kier alpha value is -2.60. The van der Waals surface area contributed by atoms with Crippen molar-refractivity contribution in [3.8, 4) is 0 Å². The Labute approximate surface area is 151 Å².